The minimum absolute atomic E-state index is 0.0647. The molecule has 3 heterocycles. The van der Waals surface area contributed by atoms with Gasteiger partial charge in [-0.15, -0.1) is 10.2 Å². The summed E-state index contributed by atoms with van der Waals surface area (Å²) in [4.78, 5) is 19.4. The first kappa shape index (κ1) is 16.1. The van der Waals surface area contributed by atoms with Crippen molar-refractivity contribution < 1.29 is 14.3 Å². The predicted molar refractivity (Wildman–Crippen MR) is 97.3 cm³/mol. The van der Waals surface area contributed by atoms with Crippen LogP contribution in [0.3, 0.4) is 0 Å². The first-order chi connectivity index (χ1) is 12.1. The van der Waals surface area contributed by atoms with Crippen LogP contribution in [-0.4, -0.2) is 39.5 Å². The van der Waals surface area contributed by atoms with E-state index in [1.807, 2.05) is 38.1 Å². The zero-order chi connectivity index (χ0) is 17.4. The van der Waals surface area contributed by atoms with Gasteiger partial charge in [0.2, 0.25) is 11.9 Å². The number of amidine groups is 1. The Hall–Kier alpha value is -2.39. The summed E-state index contributed by atoms with van der Waals surface area (Å²) in [6.07, 6.45) is 1.84. The van der Waals surface area contributed by atoms with Gasteiger partial charge in [0, 0.05) is 6.54 Å². The molecule has 0 saturated carbocycles. The third-order valence-electron chi connectivity index (χ3n) is 3.61. The van der Waals surface area contributed by atoms with Gasteiger partial charge in [-0.25, -0.2) is 0 Å². The number of amides is 1. The maximum atomic E-state index is 12.6. The number of thioether (sulfide) groups is 1. The molecule has 1 aromatic heterocycles. The van der Waals surface area contributed by atoms with Crippen LogP contribution in [0.25, 0.3) is 6.08 Å². The highest BCUT2D eigenvalue weighted by molar-refractivity contribution is 8.18. The Morgan fingerprint density at radius 3 is 2.92 bits per heavy atom. The number of carbonyl (C=O) groups is 1. The summed E-state index contributed by atoms with van der Waals surface area (Å²) in [5, 5.41) is 9.97. The predicted octanol–water partition coefficient (Wildman–Crippen LogP) is 3.20. The van der Waals surface area contributed by atoms with Crippen molar-refractivity contribution in [1.29, 1.82) is 0 Å². The second-order valence-electron chi connectivity index (χ2n) is 5.27. The first-order valence-corrected chi connectivity index (χ1v) is 9.27. The van der Waals surface area contributed by atoms with E-state index in [2.05, 4.69) is 15.2 Å². The summed E-state index contributed by atoms with van der Waals surface area (Å²) in [6, 6.07) is 5.60. The van der Waals surface area contributed by atoms with E-state index in [1.54, 1.807) is 4.90 Å². The topological polar surface area (TPSA) is 76.9 Å². The smallest absolute Gasteiger partial charge is 0.266 e. The molecule has 1 saturated heterocycles. The molecule has 1 aromatic carbocycles. The molecule has 1 amide bonds. The van der Waals surface area contributed by atoms with Crippen LogP contribution in [-0.2, 0) is 4.79 Å². The fraction of sp³-hybridized carbons (Fsp3) is 0.250. The number of nitrogens with zero attached hydrogens (tertiary/aromatic N) is 4. The van der Waals surface area contributed by atoms with E-state index in [0.717, 1.165) is 16.3 Å². The minimum Gasteiger partial charge on any atom is -0.454 e. The van der Waals surface area contributed by atoms with E-state index in [-0.39, 0.29) is 12.7 Å². The molecule has 2 aromatic rings. The molecule has 2 aliphatic rings. The highest BCUT2D eigenvalue weighted by atomic mass is 32.2. The standard InChI is InChI=1S/C16H14N4O3S2/c1-3-20-14(21)13(25-16(20)17-15-19-18-9(2)24-15)7-10-4-5-11-12(6-10)23-8-22-11/h4-7H,3,8H2,1-2H3/b13-7-,17-16+. The number of carbonyl (C=O) groups excluding carboxylic acids is 1. The van der Waals surface area contributed by atoms with Crippen molar-refractivity contribution in [3.8, 4) is 11.5 Å². The van der Waals surface area contributed by atoms with Gasteiger partial charge >= 0.3 is 0 Å². The fourth-order valence-electron chi connectivity index (χ4n) is 2.44. The number of fused-ring (bicyclic) bond motifs is 1. The van der Waals surface area contributed by atoms with Crippen LogP contribution in [0.1, 0.15) is 17.5 Å². The summed E-state index contributed by atoms with van der Waals surface area (Å²) < 4.78 is 10.7. The van der Waals surface area contributed by atoms with Crippen LogP contribution in [0.15, 0.2) is 28.1 Å². The SMILES string of the molecule is CCN1C(=O)/C(=C/c2ccc3c(c2)OCO3)S/C1=N/c1nnc(C)s1. The third-order valence-corrected chi connectivity index (χ3v) is 5.34. The van der Waals surface area contributed by atoms with Crippen molar-refractivity contribution in [2.75, 3.05) is 13.3 Å². The minimum atomic E-state index is -0.0647. The van der Waals surface area contributed by atoms with Crippen molar-refractivity contribution in [1.82, 2.24) is 15.1 Å². The third kappa shape index (κ3) is 3.12. The highest BCUT2D eigenvalue weighted by Crippen LogP contribution is 2.37. The van der Waals surface area contributed by atoms with E-state index in [9.17, 15) is 4.79 Å². The van der Waals surface area contributed by atoms with Crippen molar-refractivity contribution >= 4 is 45.4 Å². The van der Waals surface area contributed by atoms with Gasteiger partial charge in [0.05, 0.1) is 4.91 Å². The molecule has 0 radical (unpaired) electrons. The molecule has 0 aliphatic carbocycles. The van der Waals surface area contributed by atoms with E-state index in [4.69, 9.17) is 9.47 Å². The summed E-state index contributed by atoms with van der Waals surface area (Å²) in [5.41, 5.74) is 0.879. The Balaban J connectivity index is 1.64. The summed E-state index contributed by atoms with van der Waals surface area (Å²) in [6.45, 7) is 4.56. The van der Waals surface area contributed by atoms with Gasteiger partial charge in [0.1, 0.15) is 5.01 Å². The van der Waals surface area contributed by atoms with Crippen molar-refractivity contribution in [2.24, 2.45) is 4.99 Å². The second-order valence-corrected chi connectivity index (χ2v) is 7.44. The molecule has 7 nitrogen and oxygen atoms in total. The molecular formula is C16H14N4O3S2. The number of ether oxygens (including phenoxy) is 2. The number of rotatable bonds is 3. The lowest BCUT2D eigenvalue weighted by Gasteiger charge is -2.11. The lowest BCUT2D eigenvalue weighted by Crippen LogP contribution is -2.28. The Morgan fingerprint density at radius 1 is 1.32 bits per heavy atom. The summed E-state index contributed by atoms with van der Waals surface area (Å²) in [5.74, 6) is 1.34. The number of benzene rings is 1. The Bertz CT molecular complexity index is 907. The molecule has 2 aliphatic heterocycles. The Labute approximate surface area is 152 Å². The fourth-order valence-corrected chi connectivity index (χ4v) is 4.10. The molecule has 0 atom stereocenters. The first-order valence-electron chi connectivity index (χ1n) is 7.64. The zero-order valence-electron chi connectivity index (χ0n) is 13.6. The van der Waals surface area contributed by atoms with Crippen LogP contribution in [0.4, 0.5) is 5.13 Å². The normalized spacial score (nSPS) is 19.4. The lowest BCUT2D eigenvalue weighted by molar-refractivity contribution is -0.122. The average Bonchev–Trinajstić information content (AvgIpc) is 3.28. The second kappa shape index (κ2) is 6.49. The number of aliphatic imine (C=N–C) groups is 1. The van der Waals surface area contributed by atoms with Gasteiger partial charge < -0.3 is 9.47 Å². The number of aryl methyl sites for hydroxylation is 1. The van der Waals surface area contributed by atoms with E-state index >= 15 is 0 Å². The molecule has 4 rings (SSSR count). The Morgan fingerprint density at radius 2 is 2.16 bits per heavy atom. The lowest BCUT2D eigenvalue weighted by atomic mass is 10.2. The monoisotopic (exact) mass is 374 g/mol. The molecule has 9 heteroatoms. The number of hydrogen-bond donors (Lipinski definition) is 0. The van der Waals surface area contributed by atoms with Gasteiger partial charge in [0.25, 0.3) is 5.91 Å². The maximum absolute atomic E-state index is 12.6. The summed E-state index contributed by atoms with van der Waals surface area (Å²) in [7, 11) is 0. The van der Waals surface area contributed by atoms with Crippen LogP contribution in [0.5, 0.6) is 11.5 Å². The summed E-state index contributed by atoms with van der Waals surface area (Å²) >= 11 is 2.73. The number of aromatic nitrogens is 2. The molecule has 25 heavy (non-hydrogen) atoms. The van der Waals surface area contributed by atoms with Gasteiger partial charge in [0.15, 0.2) is 16.7 Å². The number of likely N-dealkylation sites (N-methyl/N-ethyl adjacent to an activating group) is 1. The molecule has 0 bridgehead atoms. The van der Waals surface area contributed by atoms with Crippen LogP contribution >= 0.6 is 23.1 Å². The van der Waals surface area contributed by atoms with E-state index in [0.29, 0.717) is 27.5 Å². The Kier molecular flexibility index (Phi) is 4.18. The van der Waals surface area contributed by atoms with Crippen molar-refractivity contribution in [3.63, 3.8) is 0 Å². The largest absolute Gasteiger partial charge is 0.454 e. The molecular weight excluding hydrogens is 360 g/mol. The number of hydrogen-bond acceptors (Lipinski definition) is 8. The molecule has 1 fully saturated rings. The van der Waals surface area contributed by atoms with E-state index in [1.165, 1.54) is 23.1 Å². The van der Waals surface area contributed by atoms with Crippen LogP contribution < -0.4 is 9.47 Å². The molecule has 0 spiro atoms. The molecule has 128 valence electrons. The van der Waals surface area contributed by atoms with Crippen molar-refractivity contribution in [2.45, 2.75) is 13.8 Å². The molecule has 0 N–H and O–H groups in total. The van der Waals surface area contributed by atoms with Crippen LogP contribution in [0.2, 0.25) is 0 Å². The van der Waals surface area contributed by atoms with Gasteiger partial charge in [-0.1, -0.05) is 17.4 Å². The quantitative estimate of drug-likeness (QED) is 0.768. The van der Waals surface area contributed by atoms with Gasteiger partial charge in [-0.05, 0) is 49.4 Å². The van der Waals surface area contributed by atoms with Gasteiger partial charge in [-0.2, -0.15) is 4.99 Å². The van der Waals surface area contributed by atoms with Gasteiger partial charge in [-0.3, -0.25) is 9.69 Å². The average molecular weight is 374 g/mol. The van der Waals surface area contributed by atoms with E-state index < -0.39 is 0 Å². The van der Waals surface area contributed by atoms with Crippen molar-refractivity contribution in [3.05, 3.63) is 33.7 Å². The zero-order valence-corrected chi connectivity index (χ0v) is 15.2. The molecule has 0 unspecified atom stereocenters. The maximum Gasteiger partial charge on any atom is 0.266 e. The highest BCUT2D eigenvalue weighted by Gasteiger charge is 2.32. The van der Waals surface area contributed by atoms with Crippen LogP contribution in [0, 0.1) is 6.92 Å².